The second kappa shape index (κ2) is 11.5. The van der Waals surface area contributed by atoms with Crippen molar-refractivity contribution in [1.82, 2.24) is 0 Å². The fraction of sp³-hybridized carbons (Fsp3) is 0.182. The van der Waals surface area contributed by atoms with Crippen LogP contribution >= 0.6 is 11.8 Å². The molecule has 8 rings (SSSR count). The third-order valence-corrected chi connectivity index (χ3v) is 11.2. The van der Waals surface area contributed by atoms with Gasteiger partial charge in [0.25, 0.3) is 0 Å². The molecule has 0 bridgehead atoms. The quantitative estimate of drug-likeness (QED) is 0.178. The molecule has 2 heterocycles. The van der Waals surface area contributed by atoms with Crippen LogP contribution in [0.5, 0.6) is 17.2 Å². The summed E-state index contributed by atoms with van der Waals surface area (Å²) in [6, 6.07) is 35.0. The molecule has 6 aromatic carbocycles. The molecule has 48 heavy (non-hydrogen) atoms. The van der Waals surface area contributed by atoms with E-state index in [0.29, 0.717) is 39.3 Å². The van der Waals surface area contributed by atoms with Crippen LogP contribution in [0.25, 0.3) is 33.4 Å². The van der Waals surface area contributed by atoms with E-state index in [1.54, 1.807) is 36.9 Å². The van der Waals surface area contributed by atoms with E-state index in [4.69, 9.17) is 17.6 Å². The molecule has 1 unspecified atom stereocenters. The van der Waals surface area contributed by atoms with E-state index in [9.17, 15) is 0 Å². The number of hydrogen-bond acceptors (Lipinski definition) is 3. The highest BCUT2D eigenvalue weighted by atomic mass is 32.2. The van der Waals surface area contributed by atoms with Gasteiger partial charge in [0.05, 0.1) is 4.90 Å². The second-order valence-electron chi connectivity index (χ2n) is 13.0. The molecule has 0 saturated heterocycles. The Hall–Kier alpha value is -4.67. The molecule has 0 N–H and O–H groups in total. The number of fused-ring (bicyclic) bond motifs is 4. The molecule has 0 fully saturated rings. The van der Waals surface area contributed by atoms with Crippen molar-refractivity contribution >= 4 is 24.1 Å². The summed E-state index contributed by atoms with van der Waals surface area (Å²) in [7, 11) is 0. The summed E-state index contributed by atoms with van der Waals surface area (Å²) in [5.41, 5.74) is 8.34. The predicted octanol–water partition coefficient (Wildman–Crippen LogP) is 11.7. The van der Waals surface area contributed by atoms with Gasteiger partial charge in [-0.2, -0.15) is 0 Å². The normalized spacial score (nSPS) is 18.5. The summed E-state index contributed by atoms with van der Waals surface area (Å²) in [5.74, 6) is 1.66. The van der Waals surface area contributed by atoms with E-state index in [2.05, 4.69) is 51.0 Å². The molecule has 0 aliphatic carbocycles. The van der Waals surface area contributed by atoms with Gasteiger partial charge in [-0.25, -0.2) is 0 Å². The van der Waals surface area contributed by atoms with Crippen LogP contribution in [-0.2, 0) is 5.41 Å². The van der Waals surface area contributed by atoms with Crippen molar-refractivity contribution in [2.75, 3.05) is 0 Å². The summed E-state index contributed by atoms with van der Waals surface area (Å²) in [4.78, 5) is 2.16. The maximum absolute atomic E-state index is 9.04. The van der Waals surface area contributed by atoms with Gasteiger partial charge in [0.2, 0.25) is 0 Å². The third-order valence-electron chi connectivity index (χ3n) is 9.96. The molecular weight excluding hydrogens is 603 g/mol. The highest BCUT2D eigenvalue weighted by Crippen LogP contribution is 2.53. The van der Waals surface area contributed by atoms with Crippen molar-refractivity contribution in [3.63, 3.8) is 0 Å². The van der Waals surface area contributed by atoms with Crippen LogP contribution in [0, 0.1) is 27.6 Å². The second-order valence-corrected chi connectivity index (χ2v) is 14.1. The zero-order valence-corrected chi connectivity index (χ0v) is 28.5. The fourth-order valence-corrected chi connectivity index (χ4v) is 8.69. The molecular formula is C44H39BO2S. The Morgan fingerprint density at radius 3 is 2.06 bits per heavy atom. The Labute approximate surface area is 297 Å². The maximum atomic E-state index is 9.04. The third kappa shape index (κ3) is 4.72. The van der Waals surface area contributed by atoms with Gasteiger partial charge in [-0.05, 0) is 108 Å². The Bertz CT molecular complexity index is 2490. The first-order valence-electron chi connectivity index (χ1n) is 19.3. The van der Waals surface area contributed by atoms with Crippen LogP contribution < -0.4 is 14.9 Å². The van der Waals surface area contributed by atoms with Gasteiger partial charge in [0.1, 0.15) is 17.2 Å². The molecule has 236 valence electrons. The lowest BCUT2D eigenvalue weighted by Gasteiger charge is -2.35. The molecule has 2 aliphatic rings. The Morgan fingerprint density at radius 2 is 1.29 bits per heavy atom. The molecule has 4 heteroatoms. The van der Waals surface area contributed by atoms with Crippen LogP contribution in [0.3, 0.4) is 0 Å². The summed E-state index contributed by atoms with van der Waals surface area (Å²) in [6.07, 6.45) is 0. The minimum atomic E-state index is -2.53. The number of ether oxygens (including phenoxy) is 1. The average Bonchev–Trinajstić information content (AvgIpc) is 3.27. The van der Waals surface area contributed by atoms with Gasteiger partial charge < -0.3 is 9.39 Å². The van der Waals surface area contributed by atoms with Crippen molar-refractivity contribution in [2.24, 2.45) is 0 Å². The SMILES string of the molecule is [2H]C([2H])([2H])c1c(-c2ccc(C)c(-c3cccc4c3Sc3ccccc3OB4C)c2C)ccc(C)c1-c1cccc2c1Oc1ccccc1C2(C)C([2H])([2H])[2H]. The van der Waals surface area contributed by atoms with Crippen LogP contribution in [0.1, 0.15) is 55.4 Å². The van der Waals surface area contributed by atoms with E-state index in [-0.39, 0.29) is 12.5 Å². The molecule has 0 aromatic heterocycles. The fourth-order valence-electron chi connectivity index (χ4n) is 7.47. The predicted molar refractivity (Wildman–Crippen MR) is 203 cm³/mol. The van der Waals surface area contributed by atoms with Crippen molar-refractivity contribution in [2.45, 2.75) is 63.4 Å². The van der Waals surface area contributed by atoms with E-state index < -0.39 is 19.1 Å². The molecule has 1 atom stereocenters. The van der Waals surface area contributed by atoms with Gasteiger partial charge in [-0.1, -0.05) is 117 Å². The summed E-state index contributed by atoms with van der Waals surface area (Å²) in [6.45, 7) is 4.75. The molecule has 0 saturated carbocycles. The van der Waals surface area contributed by atoms with Gasteiger partial charge >= 0.3 is 6.92 Å². The van der Waals surface area contributed by atoms with E-state index in [1.807, 2.05) is 67.6 Å². The van der Waals surface area contributed by atoms with E-state index in [0.717, 1.165) is 54.4 Å². The Kier molecular flexibility index (Phi) is 5.86. The van der Waals surface area contributed by atoms with Crippen LogP contribution in [0.15, 0.2) is 119 Å². The van der Waals surface area contributed by atoms with E-state index in [1.165, 1.54) is 0 Å². The molecule has 0 radical (unpaired) electrons. The monoisotopic (exact) mass is 648 g/mol. The number of aryl methyl sites for hydroxylation is 2. The molecule has 2 aliphatic heterocycles. The Morgan fingerprint density at radius 1 is 0.646 bits per heavy atom. The molecule has 6 aromatic rings. The van der Waals surface area contributed by atoms with Crippen molar-refractivity contribution in [3.05, 3.63) is 143 Å². The average molecular weight is 649 g/mol. The number of benzene rings is 6. The van der Waals surface area contributed by atoms with Crippen molar-refractivity contribution in [1.29, 1.82) is 0 Å². The van der Waals surface area contributed by atoms with Crippen LogP contribution in [0.2, 0.25) is 6.82 Å². The van der Waals surface area contributed by atoms with Gasteiger partial charge in [0.15, 0.2) is 0 Å². The minimum Gasteiger partial charge on any atom is -0.555 e. The van der Waals surface area contributed by atoms with Crippen molar-refractivity contribution in [3.8, 4) is 50.6 Å². The highest BCUT2D eigenvalue weighted by Gasteiger charge is 2.36. The first kappa shape index (κ1) is 24.5. The minimum absolute atomic E-state index is 0.167. The molecule has 0 spiro atoms. The summed E-state index contributed by atoms with van der Waals surface area (Å²) < 4.78 is 66.3. The standard InChI is InChI=1S/C44H39BO2S/c1-26-22-24-30(28(3)40(26)32-14-12-17-35-42(32)46-37-19-9-8-16-34(37)44(35,5)6)31-25-23-27(2)41(29(31)4)33-15-13-18-36-43(33)48-39-21-11-10-20-38(39)47-45(36)7/h8-25H,1-7H3/i3D3,5D3. The largest absolute Gasteiger partial charge is 0.555 e. The van der Waals surface area contributed by atoms with Crippen molar-refractivity contribution < 1.29 is 17.6 Å². The van der Waals surface area contributed by atoms with Crippen LogP contribution in [0.4, 0.5) is 0 Å². The van der Waals surface area contributed by atoms with Crippen LogP contribution in [-0.4, -0.2) is 6.92 Å². The topological polar surface area (TPSA) is 18.5 Å². The highest BCUT2D eigenvalue weighted by molar-refractivity contribution is 7.99. The van der Waals surface area contributed by atoms with Gasteiger partial charge in [0, 0.05) is 35.2 Å². The summed E-state index contributed by atoms with van der Waals surface area (Å²) in [5, 5.41) is 0. The van der Waals surface area contributed by atoms with Gasteiger partial charge in [-0.3, -0.25) is 0 Å². The number of rotatable bonds is 3. The lowest BCUT2D eigenvalue weighted by Crippen LogP contribution is -2.34. The van der Waals surface area contributed by atoms with Gasteiger partial charge in [-0.15, -0.1) is 0 Å². The first-order chi connectivity index (χ1) is 25.6. The summed E-state index contributed by atoms with van der Waals surface area (Å²) >= 11 is 1.70. The van der Waals surface area contributed by atoms with E-state index >= 15 is 0 Å². The number of hydrogen-bond donors (Lipinski definition) is 0. The smallest absolute Gasteiger partial charge is 0.389 e. The maximum Gasteiger partial charge on any atom is 0.389 e. The lowest BCUT2D eigenvalue weighted by atomic mass is 9.63. The zero-order chi connectivity index (χ0) is 38.3. The molecule has 2 nitrogen and oxygen atoms in total. The Balaban J connectivity index is 1.36. The molecule has 0 amide bonds. The first-order valence-corrected chi connectivity index (χ1v) is 17.2. The zero-order valence-electron chi connectivity index (χ0n) is 33.7. The lowest BCUT2D eigenvalue weighted by molar-refractivity contribution is 0.419. The number of para-hydroxylation sites is 3.